The third-order valence-electron chi connectivity index (χ3n) is 4.82. The van der Waals surface area contributed by atoms with Crippen molar-refractivity contribution in [2.75, 3.05) is 11.5 Å². The maximum absolute atomic E-state index is 12.2. The predicted octanol–water partition coefficient (Wildman–Crippen LogP) is 2.26. The number of alkyl carbamates (subject to hydrolysis) is 1. The number of carbonyl (C=O) groups is 2. The number of fused-ring (bicyclic) bond motifs is 1. The molecule has 1 aromatic carbocycles. The average Bonchev–Trinajstić information content (AvgIpc) is 3.09. The van der Waals surface area contributed by atoms with Gasteiger partial charge >= 0.3 is 6.09 Å². The van der Waals surface area contributed by atoms with Crippen LogP contribution < -0.4 is 10.2 Å². The number of aliphatic hydroxyl groups excluding tert-OH is 1. The van der Waals surface area contributed by atoms with Gasteiger partial charge in [0.25, 0.3) is 0 Å². The van der Waals surface area contributed by atoms with Crippen LogP contribution in [-0.2, 0) is 16.1 Å². The normalized spacial score (nSPS) is 18.5. The maximum atomic E-state index is 12.2. The number of nitrogens with zero attached hydrogens (tertiary/aromatic N) is 4. The summed E-state index contributed by atoms with van der Waals surface area (Å²) in [6.45, 7) is 7.42. The number of carbonyl (C=O) groups excluding carboxylic acids is 2. The molecule has 156 valence electrons. The molecule has 3 rings (SSSR count). The van der Waals surface area contributed by atoms with Crippen LogP contribution in [0.15, 0.2) is 24.4 Å². The fourth-order valence-electron chi connectivity index (χ4n) is 3.67. The Balaban J connectivity index is 1.98. The highest BCUT2D eigenvalue weighted by molar-refractivity contribution is 5.94. The molecule has 1 aliphatic heterocycles. The Bertz CT molecular complexity index is 895. The van der Waals surface area contributed by atoms with Crippen LogP contribution in [-0.4, -0.2) is 50.9 Å². The highest BCUT2D eigenvalue weighted by Gasteiger charge is 2.34. The highest BCUT2D eigenvalue weighted by atomic mass is 16.6. The number of aliphatic hydroxyl groups is 1. The van der Waals surface area contributed by atoms with Crippen molar-refractivity contribution in [3.05, 3.63) is 30.0 Å². The van der Waals surface area contributed by atoms with Crippen LogP contribution in [0.3, 0.4) is 0 Å². The van der Waals surface area contributed by atoms with Gasteiger partial charge < -0.3 is 20.1 Å². The van der Waals surface area contributed by atoms with Crippen LogP contribution in [0.2, 0.25) is 0 Å². The van der Waals surface area contributed by atoms with Gasteiger partial charge in [-0.05, 0) is 44.9 Å². The number of hydrogen-bond donors (Lipinski definition) is 2. The number of aromatic nitrogens is 3. The molecule has 0 saturated carbocycles. The number of ether oxygens (including phenoxy) is 1. The molecule has 2 atom stereocenters. The molecular weight excluding hydrogens is 374 g/mol. The van der Waals surface area contributed by atoms with Crippen LogP contribution in [0.5, 0.6) is 0 Å². The second-order valence-corrected chi connectivity index (χ2v) is 7.49. The van der Waals surface area contributed by atoms with E-state index in [1.165, 1.54) is 6.92 Å². The lowest BCUT2D eigenvalue weighted by atomic mass is 9.90. The van der Waals surface area contributed by atoms with Gasteiger partial charge in [-0.2, -0.15) is 0 Å². The first-order chi connectivity index (χ1) is 13.8. The van der Waals surface area contributed by atoms with Crippen LogP contribution in [0, 0.1) is 0 Å². The Morgan fingerprint density at radius 1 is 1.38 bits per heavy atom. The van der Waals surface area contributed by atoms with E-state index in [9.17, 15) is 9.59 Å². The van der Waals surface area contributed by atoms with Gasteiger partial charge in [0.05, 0.1) is 31.5 Å². The second kappa shape index (κ2) is 8.60. The molecular formula is C20H27N5O4. The second-order valence-electron chi connectivity index (χ2n) is 7.49. The molecule has 29 heavy (non-hydrogen) atoms. The van der Waals surface area contributed by atoms with Crippen molar-refractivity contribution in [3.63, 3.8) is 0 Å². The van der Waals surface area contributed by atoms with E-state index in [2.05, 4.69) is 15.6 Å². The summed E-state index contributed by atoms with van der Waals surface area (Å²) in [5, 5.41) is 20.2. The molecule has 0 saturated heterocycles. The number of rotatable bonds is 5. The summed E-state index contributed by atoms with van der Waals surface area (Å²) in [7, 11) is 0. The molecule has 0 unspecified atom stereocenters. The van der Waals surface area contributed by atoms with E-state index in [0.717, 1.165) is 16.8 Å². The van der Waals surface area contributed by atoms with Crippen LogP contribution in [0.1, 0.15) is 45.7 Å². The van der Waals surface area contributed by atoms with Gasteiger partial charge in [0, 0.05) is 24.2 Å². The van der Waals surface area contributed by atoms with Crippen molar-refractivity contribution in [2.45, 2.75) is 58.8 Å². The maximum Gasteiger partial charge on any atom is 0.407 e. The van der Waals surface area contributed by atoms with Crippen LogP contribution >= 0.6 is 0 Å². The molecule has 1 aliphatic rings. The molecule has 1 aromatic heterocycles. The smallest absolute Gasteiger partial charge is 0.407 e. The SMILES string of the molecule is CC(=O)N1c2ccc(-c3cn(CCO)nn3)cc2[C@H](NC(=O)OC(C)C)C[C@@H]1C. The summed E-state index contributed by atoms with van der Waals surface area (Å²) < 4.78 is 6.81. The topological polar surface area (TPSA) is 110 Å². The third-order valence-corrected chi connectivity index (χ3v) is 4.82. The first-order valence-electron chi connectivity index (χ1n) is 9.72. The summed E-state index contributed by atoms with van der Waals surface area (Å²) in [5.74, 6) is -0.0522. The molecule has 0 spiro atoms. The zero-order chi connectivity index (χ0) is 21.1. The zero-order valence-electron chi connectivity index (χ0n) is 17.1. The number of benzene rings is 1. The summed E-state index contributed by atoms with van der Waals surface area (Å²) in [6.07, 6.45) is 1.61. The zero-order valence-corrected chi connectivity index (χ0v) is 17.1. The molecule has 2 aromatic rings. The molecule has 0 bridgehead atoms. The fraction of sp³-hybridized carbons (Fsp3) is 0.500. The minimum absolute atomic E-state index is 0.0254. The van der Waals surface area contributed by atoms with Crippen molar-refractivity contribution in [3.8, 4) is 11.3 Å². The van der Waals surface area contributed by atoms with Gasteiger partial charge in [0.1, 0.15) is 5.69 Å². The van der Waals surface area contributed by atoms with Crippen LogP contribution in [0.25, 0.3) is 11.3 Å². The van der Waals surface area contributed by atoms with Crippen molar-refractivity contribution in [1.29, 1.82) is 0 Å². The van der Waals surface area contributed by atoms with Crippen molar-refractivity contribution >= 4 is 17.7 Å². The predicted molar refractivity (Wildman–Crippen MR) is 107 cm³/mol. The minimum Gasteiger partial charge on any atom is -0.447 e. The fourth-order valence-corrected chi connectivity index (χ4v) is 3.67. The van der Waals surface area contributed by atoms with E-state index in [0.29, 0.717) is 18.7 Å². The van der Waals surface area contributed by atoms with E-state index in [-0.39, 0.29) is 30.7 Å². The first kappa shape index (κ1) is 20.8. The third kappa shape index (κ3) is 4.56. The van der Waals surface area contributed by atoms with E-state index in [4.69, 9.17) is 9.84 Å². The van der Waals surface area contributed by atoms with Gasteiger partial charge in [0.15, 0.2) is 0 Å². The standard InChI is InChI=1S/C20H27N5O4/c1-12(2)29-20(28)21-17-9-13(3)25(14(4)27)19-6-5-15(10-16(17)19)18-11-24(7-8-26)23-22-18/h5-6,10-13,17,26H,7-9H2,1-4H3,(H,21,28)/t13-,17+/m0/s1. The number of nitrogens with one attached hydrogen (secondary N) is 1. The largest absolute Gasteiger partial charge is 0.447 e. The molecule has 2 amide bonds. The van der Waals surface area contributed by atoms with E-state index in [1.807, 2.05) is 25.1 Å². The van der Waals surface area contributed by atoms with Crippen molar-refractivity contribution in [2.24, 2.45) is 0 Å². The number of hydrogen-bond acceptors (Lipinski definition) is 6. The molecule has 9 nitrogen and oxygen atoms in total. The Labute approximate surface area is 169 Å². The van der Waals surface area contributed by atoms with Crippen molar-refractivity contribution < 1.29 is 19.4 Å². The monoisotopic (exact) mass is 401 g/mol. The van der Waals surface area contributed by atoms with Gasteiger partial charge in [0.2, 0.25) is 5.91 Å². The summed E-state index contributed by atoms with van der Waals surface area (Å²) >= 11 is 0. The van der Waals surface area contributed by atoms with Gasteiger partial charge in [-0.25, -0.2) is 9.48 Å². The molecule has 2 N–H and O–H groups in total. The van der Waals surface area contributed by atoms with E-state index in [1.54, 1.807) is 29.6 Å². The van der Waals surface area contributed by atoms with Gasteiger partial charge in [-0.1, -0.05) is 11.3 Å². The summed E-state index contributed by atoms with van der Waals surface area (Å²) in [5.41, 5.74) is 3.05. The van der Waals surface area contributed by atoms with Crippen molar-refractivity contribution in [1.82, 2.24) is 20.3 Å². The summed E-state index contributed by atoms with van der Waals surface area (Å²) in [4.78, 5) is 26.2. The molecule has 9 heteroatoms. The van der Waals surface area contributed by atoms with Crippen LogP contribution in [0.4, 0.5) is 10.5 Å². The van der Waals surface area contributed by atoms with E-state index < -0.39 is 6.09 Å². The lowest BCUT2D eigenvalue weighted by Crippen LogP contribution is -2.45. The Morgan fingerprint density at radius 3 is 2.79 bits per heavy atom. The van der Waals surface area contributed by atoms with Gasteiger partial charge in [-0.3, -0.25) is 4.79 Å². The molecule has 0 fully saturated rings. The molecule has 0 radical (unpaired) electrons. The Morgan fingerprint density at radius 2 is 2.14 bits per heavy atom. The quantitative estimate of drug-likeness (QED) is 0.795. The van der Waals surface area contributed by atoms with E-state index >= 15 is 0 Å². The Kier molecular flexibility index (Phi) is 6.17. The highest BCUT2D eigenvalue weighted by Crippen LogP contribution is 2.39. The number of anilines is 1. The average molecular weight is 401 g/mol. The molecule has 2 heterocycles. The first-order valence-corrected chi connectivity index (χ1v) is 9.72. The van der Waals surface area contributed by atoms with Gasteiger partial charge in [-0.15, -0.1) is 5.10 Å². The lowest BCUT2D eigenvalue weighted by Gasteiger charge is -2.39. The summed E-state index contributed by atoms with van der Waals surface area (Å²) in [6, 6.07) is 5.30. The minimum atomic E-state index is -0.487. The Hall–Kier alpha value is -2.94. The number of amides is 2. The molecule has 0 aliphatic carbocycles. The lowest BCUT2D eigenvalue weighted by molar-refractivity contribution is -0.117.